The van der Waals surface area contributed by atoms with Crippen LogP contribution in [-0.2, 0) is 0 Å². The lowest BCUT2D eigenvalue weighted by Crippen LogP contribution is -1.96. The topological polar surface area (TPSA) is 73.6 Å². The van der Waals surface area contributed by atoms with Gasteiger partial charge in [-0.2, -0.15) is 4.98 Å². The predicted molar refractivity (Wildman–Crippen MR) is 132 cm³/mol. The molecule has 0 radical (unpaired) electrons. The molecular formula is C26H25N5O2. The molecule has 33 heavy (non-hydrogen) atoms. The van der Waals surface area contributed by atoms with Gasteiger partial charge in [-0.3, -0.25) is 4.98 Å². The van der Waals surface area contributed by atoms with Crippen LogP contribution < -0.4 is 14.8 Å². The number of nitrogens with zero attached hydrogens (tertiary/aromatic N) is 4. The third-order valence-corrected chi connectivity index (χ3v) is 5.02. The van der Waals surface area contributed by atoms with E-state index in [1.807, 2.05) is 73.7 Å². The maximum Gasteiger partial charge on any atom is 0.247 e. The van der Waals surface area contributed by atoms with Gasteiger partial charge >= 0.3 is 0 Å². The number of anilines is 2. The number of hydrogen-bond donors (Lipinski definition) is 1. The fourth-order valence-corrected chi connectivity index (χ4v) is 3.45. The Bertz CT molecular complexity index is 1350. The van der Waals surface area contributed by atoms with Crippen LogP contribution in [0.25, 0.3) is 22.5 Å². The number of fused-ring (bicyclic) bond motifs is 1. The van der Waals surface area contributed by atoms with Crippen LogP contribution in [0.15, 0.2) is 85.7 Å². The van der Waals surface area contributed by atoms with E-state index in [2.05, 4.69) is 22.0 Å². The summed E-state index contributed by atoms with van der Waals surface area (Å²) in [5.74, 6) is 1.71. The van der Waals surface area contributed by atoms with Crippen molar-refractivity contribution in [3.05, 3.63) is 91.3 Å². The monoisotopic (exact) mass is 439 g/mol. The molecule has 0 saturated carbocycles. The summed E-state index contributed by atoms with van der Waals surface area (Å²) in [6.45, 7) is 6.21. The molecule has 0 bridgehead atoms. The van der Waals surface area contributed by atoms with Crippen LogP contribution >= 0.6 is 0 Å². The second-order valence-corrected chi connectivity index (χ2v) is 7.13. The molecule has 4 aromatic rings. The summed E-state index contributed by atoms with van der Waals surface area (Å²) in [6.07, 6.45) is 11.4. The maximum absolute atomic E-state index is 5.38. The van der Waals surface area contributed by atoms with E-state index in [1.165, 1.54) is 0 Å². The lowest BCUT2D eigenvalue weighted by molar-refractivity contribution is 0.355. The summed E-state index contributed by atoms with van der Waals surface area (Å²) in [5, 5.41) is 7.79. The van der Waals surface area contributed by atoms with Crippen molar-refractivity contribution in [2.75, 3.05) is 19.5 Å². The second-order valence-electron chi connectivity index (χ2n) is 7.13. The number of aromatic nitrogens is 4. The molecule has 7 nitrogen and oxygen atoms in total. The molecule has 7 heteroatoms. The summed E-state index contributed by atoms with van der Waals surface area (Å²) >= 11 is 0. The zero-order valence-corrected chi connectivity index (χ0v) is 18.8. The lowest BCUT2D eigenvalue weighted by Gasteiger charge is -2.09. The first kappa shape index (κ1) is 21.8. The first-order valence-electron chi connectivity index (χ1n) is 10.4. The highest BCUT2D eigenvalue weighted by molar-refractivity contribution is 5.87. The molecule has 4 rings (SSSR count). The van der Waals surface area contributed by atoms with Crippen LogP contribution in [-0.4, -0.2) is 33.8 Å². The highest BCUT2D eigenvalue weighted by Gasteiger charge is 2.15. The van der Waals surface area contributed by atoms with Crippen LogP contribution in [0.1, 0.15) is 12.5 Å². The van der Waals surface area contributed by atoms with E-state index in [-0.39, 0.29) is 0 Å². The fraction of sp³-hybridized carbons (Fsp3) is 0.115. The Hall–Kier alpha value is -4.39. The van der Waals surface area contributed by atoms with Gasteiger partial charge in [-0.25, -0.2) is 4.52 Å². The molecular weight excluding hydrogens is 414 g/mol. The number of nitrogens with one attached hydrogen (secondary N) is 1. The van der Waals surface area contributed by atoms with Crippen LogP contribution in [0.3, 0.4) is 0 Å². The van der Waals surface area contributed by atoms with E-state index in [0.717, 1.165) is 28.1 Å². The Morgan fingerprint density at radius 1 is 1.06 bits per heavy atom. The Kier molecular flexibility index (Phi) is 6.50. The van der Waals surface area contributed by atoms with Crippen molar-refractivity contribution in [1.82, 2.24) is 19.6 Å². The predicted octanol–water partition coefficient (Wildman–Crippen LogP) is 5.70. The van der Waals surface area contributed by atoms with Crippen LogP contribution in [0, 0.1) is 0 Å². The molecule has 2 heterocycles. The minimum Gasteiger partial charge on any atom is -0.493 e. The van der Waals surface area contributed by atoms with Gasteiger partial charge in [0.2, 0.25) is 5.95 Å². The molecule has 0 fully saturated rings. The second kappa shape index (κ2) is 9.82. The standard InChI is InChI=1S/C26H25N5O2/c1-5-6-7-10-18(2)20-11-8-9-12-21(20)24-25-29-26(30-31(25)16-15-27-24)28-19-13-14-22(32-3)23(17-19)33-4/h5-17H,2H2,1,3-4H3,(H,28,30)/b6-5-,10-7-. The summed E-state index contributed by atoms with van der Waals surface area (Å²) in [6, 6.07) is 13.5. The summed E-state index contributed by atoms with van der Waals surface area (Å²) in [4.78, 5) is 9.33. The van der Waals surface area contributed by atoms with Crippen molar-refractivity contribution in [3.63, 3.8) is 0 Å². The van der Waals surface area contributed by atoms with Crippen LogP contribution in [0.2, 0.25) is 0 Å². The number of rotatable bonds is 8. The molecule has 0 saturated heterocycles. The SMILES string of the molecule is C=C(/C=C\C=C/C)c1ccccc1-c1nccn2nc(Nc3ccc(OC)c(OC)c3)nc12. The van der Waals surface area contributed by atoms with Crippen LogP contribution in [0.4, 0.5) is 11.6 Å². The zero-order chi connectivity index (χ0) is 23.2. The Labute approximate surface area is 192 Å². The molecule has 0 amide bonds. The number of ether oxygens (including phenoxy) is 2. The highest BCUT2D eigenvalue weighted by atomic mass is 16.5. The molecule has 1 N–H and O–H groups in total. The quantitative estimate of drug-likeness (QED) is 0.355. The van der Waals surface area contributed by atoms with Gasteiger partial charge in [-0.1, -0.05) is 55.1 Å². The average molecular weight is 440 g/mol. The van der Waals surface area contributed by atoms with Gasteiger partial charge in [0.1, 0.15) is 5.69 Å². The number of hydrogen-bond acceptors (Lipinski definition) is 6. The van der Waals surface area contributed by atoms with Crippen LogP contribution in [0.5, 0.6) is 11.5 Å². The molecule has 0 aliphatic heterocycles. The maximum atomic E-state index is 5.38. The zero-order valence-electron chi connectivity index (χ0n) is 18.8. The molecule has 0 aliphatic carbocycles. The smallest absolute Gasteiger partial charge is 0.247 e. The van der Waals surface area contributed by atoms with E-state index in [0.29, 0.717) is 23.1 Å². The fourth-order valence-electron chi connectivity index (χ4n) is 3.45. The van der Waals surface area contributed by atoms with Crippen molar-refractivity contribution < 1.29 is 9.47 Å². The van der Waals surface area contributed by atoms with E-state index in [1.54, 1.807) is 31.1 Å². The summed E-state index contributed by atoms with van der Waals surface area (Å²) < 4.78 is 12.4. The van der Waals surface area contributed by atoms with Gasteiger partial charge < -0.3 is 14.8 Å². The van der Waals surface area contributed by atoms with Gasteiger partial charge in [-0.05, 0) is 30.2 Å². The molecule has 0 unspecified atom stereocenters. The third-order valence-electron chi connectivity index (χ3n) is 5.02. The van der Waals surface area contributed by atoms with Gasteiger partial charge in [0.15, 0.2) is 17.1 Å². The van der Waals surface area contributed by atoms with Crippen molar-refractivity contribution >= 4 is 22.9 Å². The van der Waals surface area contributed by atoms with E-state index in [4.69, 9.17) is 14.5 Å². The van der Waals surface area contributed by atoms with Gasteiger partial charge in [0.25, 0.3) is 0 Å². The molecule has 2 aromatic carbocycles. The van der Waals surface area contributed by atoms with Crippen molar-refractivity contribution in [2.45, 2.75) is 6.92 Å². The van der Waals surface area contributed by atoms with Gasteiger partial charge in [0, 0.05) is 29.7 Å². The lowest BCUT2D eigenvalue weighted by atomic mass is 9.98. The van der Waals surface area contributed by atoms with E-state index < -0.39 is 0 Å². The Morgan fingerprint density at radius 3 is 2.67 bits per heavy atom. The Morgan fingerprint density at radius 2 is 1.88 bits per heavy atom. The number of benzene rings is 2. The molecule has 0 aliphatic rings. The van der Waals surface area contributed by atoms with E-state index >= 15 is 0 Å². The normalized spacial score (nSPS) is 11.4. The van der Waals surface area contributed by atoms with Crippen molar-refractivity contribution in [2.24, 2.45) is 0 Å². The van der Waals surface area contributed by atoms with E-state index in [9.17, 15) is 0 Å². The van der Waals surface area contributed by atoms with Gasteiger partial charge in [-0.15, -0.1) is 5.10 Å². The minimum atomic E-state index is 0.445. The Balaban J connectivity index is 1.72. The number of methoxy groups -OCH3 is 2. The van der Waals surface area contributed by atoms with Crippen molar-refractivity contribution in [1.29, 1.82) is 0 Å². The largest absolute Gasteiger partial charge is 0.493 e. The summed E-state index contributed by atoms with van der Waals surface area (Å²) in [5.41, 5.74) is 4.94. The highest BCUT2D eigenvalue weighted by Crippen LogP contribution is 2.32. The first-order chi connectivity index (χ1) is 16.1. The molecule has 2 aromatic heterocycles. The average Bonchev–Trinajstić information content (AvgIpc) is 3.26. The summed E-state index contributed by atoms with van der Waals surface area (Å²) in [7, 11) is 3.20. The third kappa shape index (κ3) is 4.62. The number of allylic oxidation sites excluding steroid dienone is 5. The van der Waals surface area contributed by atoms with Crippen molar-refractivity contribution in [3.8, 4) is 22.8 Å². The first-order valence-corrected chi connectivity index (χ1v) is 10.4. The molecule has 0 atom stereocenters. The van der Waals surface area contributed by atoms with Gasteiger partial charge in [0.05, 0.1) is 14.2 Å². The molecule has 166 valence electrons. The minimum absolute atomic E-state index is 0.445. The molecule has 0 spiro atoms.